The van der Waals surface area contributed by atoms with Gasteiger partial charge in [0.15, 0.2) is 5.78 Å². The number of rotatable bonds is 13. The van der Waals surface area contributed by atoms with E-state index < -0.39 is 151 Å². The second-order valence-electron chi connectivity index (χ2n) is 19.3. The minimum absolute atomic E-state index is 0.0754. The number of primary amides is 1. The van der Waals surface area contributed by atoms with Crippen molar-refractivity contribution in [1.29, 1.82) is 0 Å². The highest BCUT2D eigenvalue weighted by atomic mass is 16.5. The van der Waals surface area contributed by atoms with Crippen LogP contribution in [-0.4, -0.2) is 161 Å². The number of aliphatic hydroxyl groups is 1. The van der Waals surface area contributed by atoms with Gasteiger partial charge < -0.3 is 62.0 Å². The average Bonchev–Trinajstić information content (AvgIpc) is 4.05. The fourth-order valence-electron chi connectivity index (χ4n) is 9.05. The minimum atomic E-state index is -1.72. The molecule has 75 heavy (non-hydrogen) atoms. The first-order valence-corrected chi connectivity index (χ1v) is 25.6. The maximum atomic E-state index is 14.5. The first-order valence-electron chi connectivity index (χ1n) is 25.6. The highest BCUT2D eigenvalue weighted by molar-refractivity contribution is 6.07. The number of carbonyl (C=O) groups excluding carboxylic acids is 11. The van der Waals surface area contributed by atoms with Crippen molar-refractivity contribution in [3.8, 4) is 0 Å². The number of amides is 9. The van der Waals surface area contributed by atoms with Gasteiger partial charge in [0.1, 0.15) is 48.1 Å². The van der Waals surface area contributed by atoms with Gasteiger partial charge in [-0.3, -0.25) is 47.9 Å². The number of benzene rings is 1. The Hall–Kier alpha value is -7.01. The molecular formula is C52H75N9O14. The molecule has 0 spiro atoms. The lowest BCUT2D eigenvalue weighted by Gasteiger charge is -2.32. The van der Waals surface area contributed by atoms with Crippen molar-refractivity contribution >= 4 is 64.9 Å². The van der Waals surface area contributed by atoms with Crippen LogP contribution in [0.3, 0.4) is 0 Å². The van der Waals surface area contributed by atoms with E-state index >= 15 is 0 Å². The Morgan fingerprint density at radius 3 is 2.19 bits per heavy atom. The molecule has 11 atom stereocenters. The number of nitrogens with two attached hydrogens (primary N) is 1. The van der Waals surface area contributed by atoms with Crippen LogP contribution >= 0.6 is 0 Å². The highest BCUT2D eigenvalue weighted by Crippen LogP contribution is 2.25. The van der Waals surface area contributed by atoms with Crippen molar-refractivity contribution in [1.82, 2.24) is 41.7 Å². The topological polar surface area (TPSA) is 331 Å². The van der Waals surface area contributed by atoms with E-state index in [1.807, 2.05) is 6.92 Å². The van der Waals surface area contributed by atoms with E-state index in [2.05, 4.69) is 31.9 Å². The molecule has 23 heteroatoms. The van der Waals surface area contributed by atoms with Crippen LogP contribution in [0.25, 0.3) is 0 Å². The second kappa shape index (κ2) is 28.6. The molecule has 4 rings (SSSR count). The monoisotopic (exact) mass is 1050 g/mol. The summed E-state index contributed by atoms with van der Waals surface area (Å²) in [4.78, 5) is 156. The van der Waals surface area contributed by atoms with Gasteiger partial charge in [-0.15, -0.1) is 0 Å². The van der Waals surface area contributed by atoms with Crippen molar-refractivity contribution in [2.45, 2.75) is 161 Å². The summed E-state index contributed by atoms with van der Waals surface area (Å²) >= 11 is 0. The van der Waals surface area contributed by atoms with Crippen molar-refractivity contribution in [2.24, 2.45) is 17.6 Å². The van der Waals surface area contributed by atoms with Crippen LogP contribution in [0.15, 0.2) is 53.8 Å². The summed E-state index contributed by atoms with van der Waals surface area (Å²) in [5.74, 6) is -11.6. The van der Waals surface area contributed by atoms with Gasteiger partial charge in [0.05, 0.1) is 24.7 Å². The summed E-state index contributed by atoms with van der Waals surface area (Å²) in [5.41, 5.74) is 6.00. The average molecular weight is 1050 g/mol. The van der Waals surface area contributed by atoms with E-state index in [1.54, 1.807) is 50.3 Å². The summed E-state index contributed by atoms with van der Waals surface area (Å²) < 4.78 is 11.1. The Bertz CT molecular complexity index is 2340. The summed E-state index contributed by atoms with van der Waals surface area (Å²) in [6, 6.07) is -1.63. The van der Waals surface area contributed by atoms with E-state index in [1.165, 1.54) is 45.8 Å². The highest BCUT2D eigenvalue weighted by Gasteiger charge is 2.46. The van der Waals surface area contributed by atoms with E-state index in [9.17, 15) is 57.8 Å². The molecule has 0 saturated carbocycles. The van der Waals surface area contributed by atoms with Crippen molar-refractivity contribution in [3.63, 3.8) is 0 Å². The molecule has 9 amide bonds. The van der Waals surface area contributed by atoms with Gasteiger partial charge in [0.25, 0.3) is 5.91 Å². The number of nitrogens with zero attached hydrogens (tertiary/aromatic N) is 2. The van der Waals surface area contributed by atoms with Gasteiger partial charge in [0, 0.05) is 38.6 Å². The molecule has 3 heterocycles. The molecule has 11 unspecified atom stereocenters. The Morgan fingerprint density at radius 1 is 0.893 bits per heavy atom. The molecule has 0 aromatic heterocycles. The van der Waals surface area contributed by atoms with Crippen LogP contribution in [0, 0.1) is 11.8 Å². The summed E-state index contributed by atoms with van der Waals surface area (Å²) in [6.07, 6.45) is 0.909. The van der Waals surface area contributed by atoms with Gasteiger partial charge in [-0.05, 0) is 71.3 Å². The first kappa shape index (κ1) is 60.5. The van der Waals surface area contributed by atoms with E-state index in [0.717, 1.165) is 4.90 Å². The Balaban J connectivity index is 1.85. The predicted molar refractivity (Wildman–Crippen MR) is 271 cm³/mol. The number of aliphatic hydroxyl groups excluding tert-OH is 1. The standard InChI is InChI=1S/C52H75N9O14/c1-9-12-17-29(5)44(65)59-42-31(7)75-52(73)39-25-33(62)26-61(39)51(72)35(21-22-40(53)63)55-48(69)41(28(4)10-2)58-45(66)34(11-3)54-47(68)38-20-16-23-60(38)50(71)30(6)43(64)36(24-32-18-14-13-15-19-32)56-46(67)37(27-74-8)57-49(42)70/h11,13-15,17-19,28,30-31,33,35-39,41-42,62H,9-10,12,16,20-27H2,1-8H3,(H2,53,63)(H,54,68)(H,55,69)(H,56,67)(H,57,70)(H,58,66)(H,59,65). The Labute approximate surface area is 437 Å². The van der Waals surface area contributed by atoms with Crippen molar-refractivity contribution in [2.75, 3.05) is 26.8 Å². The largest absolute Gasteiger partial charge is 0.458 e. The molecule has 9 N–H and O–H groups in total. The van der Waals surface area contributed by atoms with Crippen molar-refractivity contribution in [3.05, 3.63) is 59.3 Å². The first-order chi connectivity index (χ1) is 35.6. The number of Topliss-reactive ketones (excluding diaryl/α,β-unsaturated/α-hetero) is 1. The fourth-order valence-corrected chi connectivity index (χ4v) is 9.05. The fraction of sp³-hybridized carbons (Fsp3) is 0.596. The third-order valence-corrected chi connectivity index (χ3v) is 13.7. The van der Waals surface area contributed by atoms with Gasteiger partial charge >= 0.3 is 5.97 Å². The lowest BCUT2D eigenvalue weighted by atomic mass is 9.93. The number of unbranched alkanes of at least 4 members (excludes halogenated alkanes) is 1. The SMILES string of the molecule is CC=C1NC(=O)C2CCCN2C(=O)C(C)C(=O)C(Cc2ccccc2)NC(=O)C(COC)NC(=O)C(NC(=O)C(C)=CCCC)C(C)OC(=O)C2CC(O)CN2C(=O)C(CCC(N)=O)NC(=O)C(C(C)CC)NC1=O. The summed E-state index contributed by atoms with van der Waals surface area (Å²) in [7, 11) is 1.25. The third kappa shape index (κ3) is 16.5. The molecule has 1 aromatic carbocycles. The Kier molecular flexibility index (Phi) is 23.1. The van der Waals surface area contributed by atoms with Gasteiger partial charge in [0.2, 0.25) is 47.3 Å². The molecule has 412 valence electrons. The molecule has 0 aliphatic carbocycles. The lowest BCUT2D eigenvalue weighted by Crippen LogP contribution is -2.61. The number of cyclic esters (lactones) is 1. The number of hydrogen-bond acceptors (Lipinski definition) is 14. The molecule has 1 aromatic rings. The number of nitrogens with one attached hydrogen (secondary N) is 6. The van der Waals surface area contributed by atoms with E-state index in [4.69, 9.17) is 15.2 Å². The number of carbonyl (C=O) groups is 11. The second-order valence-corrected chi connectivity index (χ2v) is 19.3. The van der Waals surface area contributed by atoms with Crippen LogP contribution < -0.4 is 37.6 Å². The van der Waals surface area contributed by atoms with Crippen LogP contribution in [-0.2, 0) is 68.6 Å². The smallest absolute Gasteiger partial charge is 0.329 e. The summed E-state index contributed by atoms with van der Waals surface area (Å²) in [5, 5.41) is 26.5. The number of hydrogen-bond donors (Lipinski definition) is 8. The quantitative estimate of drug-likeness (QED) is 0.0701. The van der Waals surface area contributed by atoms with Crippen LogP contribution in [0.4, 0.5) is 0 Å². The minimum Gasteiger partial charge on any atom is -0.458 e. The molecule has 0 bridgehead atoms. The predicted octanol–water partition coefficient (Wildman–Crippen LogP) is -0.519. The van der Waals surface area contributed by atoms with Crippen molar-refractivity contribution < 1.29 is 67.3 Å². The van der Waals surface area contributed by atoms with E-state index in [-0.39, 0.29) is 43.5 Å². The zero-order valence-corrected chi connectivity index (χ0v) is 44.1. The molecule has 23 nitrogen and oxygen atoms in total. The maximum absolute atomic E-state index is 14.5. The molecule has 0 radical (unpaired) electrons. The number of esters is 1. The normalized spacial score (nSPS) is 28.5. The Morgan fingerprint density at radius 2 is 1.56 bits per heavy atom. The number of ketones is 1. The molecule has 3 aliphatic heterocycles. The van der Waals surface area contributed by atoms with Crippen LogP contribution in [0.5, 0.6) is 0 Å². The molecule has 3 aliphatic rings. The maximum Gasteiger partial charge on any atom is 0.329 e. The zero-order chi connectivity index (χ0) is 55.7. The van der Waals surface area contributed by atoms with Crippen LogP contribution in [0.1, 0.15) is 105 Å². The van der Waals surface area contributed by atoms with E-state index in [0.29, 0.717) is 31.2 Å². The number of methoxy groups -OCH3 is 1. The zero-order valence-electron chi connectivity index (χ0n) is 44.1. The number of ether oxygens (including phenoxy) is 2. The van der Waals surface area contributed by atoms with Gasteiger partial charge in [-0.2, -0.15) is 0 Å². The molecule has 3 fully saturated rings. The lowest BCUT2D eigenvalue weighted by molar-refractivity contribution is -0.160. The van der Waals surface area contributed by atoms with Gasteiger partial charge in [-0.25, -0.2) is 4.79 Å². The number of fused-ring (bicyclic) bond motifs is 2. The molecular weight excluding hydrogens is 975 g/mol. The summed E-state index contributed by atoms with van der Waals surface area (Å²) in [6.45, 7) is 10.1. The molecule has 3 saturated heterocycles. The van der Waals surface area contributed by atoms with Gasteiger partial charge in [-0.1, -0.05) is 76.1 Å². The van der Waals surface area contributed by atoms with Crippen LogP contribution in [0.2, 0.25) is 0 Å². The number of allylic oxidation sites excluding steroid dienone is 2. The third-order valence-electron chi connectivity index (χ3n) is 13.7.